The van der Waals surface area contributed by atoms with Crippen LogP contribution in [0.25, 0.3) is 0 Å². The fourth-order valence-electron chi connectivity index (χ4n) is 0.965. The Hall–Kier alpha value is -0.830. The molecule has 0 radical (unpaired) electrons. The van der Waals surface area contributed by atoms with Gasteiger partial charge in [0.1, 0.15) is 0 Å². The maximum absolute atomic E-state index is 10.4. The van der Waals surface area contributed by atoms with Gasteiger partial charge < -0.3 is 0 Å². The van der Waals surface area contributed by atoms with Crippen molar-refractivity contribution in [2.24, 2.45) is 0 Å². The fourth-order valence-corrected chi connectivity index (χ4v) is 1.20. The Morgan fingerprint density at radius 2 is 2.00 bits per heavy atom. The Morgan fingerprint density at radius 1 is 1.42 bits per heavy atom. The third-order valence-electron chi connectivity index (χ3n) is 1.75. The van der Waals surface area contributed by atoms with Crippen LogP contribution in [-0.4, -0.2) is 10.3 Å². The van der Waals surface area contributed by atoms with Gasteiger partial charge in [0.2, 0.25) is 6.41 Å². The van der Waals surface area contributed by atoms with Crippen molar-refractivity contribution in [2.75, 3.05) is 0 Å². The van der Waals surface area contributed by atoms with Crippen molar-refractivity contribution in [3.05, 3.63) is 35.9 Å². The molecule has 0 fully saturated rings. The standard InChI is InChI=1S/C9H10BrNO/c1-8(11(10)7-12)9-5-3-2-4-6-9/h2-8H,1H3/t8-/m1/s1. The molecular formula is C9H10BrNO. The van der Waals surface area contributed by atoms with E-state index >= 15 is 0 Å². The molecule has 1 aromatic carbocycles. The van der Waals surface area contributed by atoms with Crippen LogP contribution >= 0.6 is 16.1 Å². The van der Waals surface area contributed by atoms with Gasteiger partial charge in [-0.2, -0.15) is 0 Å². The minimum absolute atomic E-state index is 0.0729. The minimum atomic E-state index is 0.0729. The van der Waals surface area contributed by atoms with Crippen LogP contribution in [0.1, 0.15) is 18.5 Å². The van der Waals surface area contributed by atoms with Gasteiger partial charge >= 0.3 is 0 Å². The Morgan fingerprint density at radius 3 is 2.50 bits per heavy atom. The van der Waals surface area contributed by atoms with Crippen molar-refractivity contribution in [3.8, 4) is 0 Å². The number of halogens is 1. The number of benzene rings is 1. The van der Waals surface area contributed by atoms with Crippen molar-refractivity contribution in [3.63, 3.8) is 0 Å². The summed E-state index contributed by atoms with van der Waals surface area (Å²) < 4.78 is 1.46. The molecule has 0 unspecified atom stereocenters. The Bertz CT molecular complexity index is 250. The zero-order valence-electron chi connectivity index (χ0n) is 6.77. The lowest BCUT2D eigenvalue weighted by Gasteiger charge is -2.17. The number of carbonyl (C=O) groups excluding carboxylic acids is 1. The van der Waals surface area contributed by atoms with Crippen molar-refractivity contribution >= 4 is 22.6 Å². The third-order valence-corrected chi connectivity index (χ3v) is 2.53. The highest BCUT2D eigenvalue weighted by molar-refractivity contribution is 9.07. The van der Waals surface area contributed by atoms with Gasteiger partial charge in [0.05, 0.1) is 22.2 Å². The molecular weight excluding hydrogens is 218 g/mol. The Kier molecular flexibility index (Phi) is 3.29. The number of hydrogen-bond donors (Lipinski definition) is 0. The first kappa shape index (κ1) is 9.26. The first-order valence-electron chi connectivity index (χ1n) is 3.70. The number of amides is 1. The van der Waals surface area contributed by atoms with Crippen LogP contribution < -0.4 is 0 Å². The van der Waals surface area contributed by atoms with Crippen LogP contribution in [0.5, 0.6) is 0 Å². The number of hydrogen-bond acceptors (Lipinski definition) is 1. The average molecular weight is 228 g/mol. The quantitative estimate of drug-likeness (QED) is 0.575. The minimum Gasteiger partial charge on any atom is -0.278 e. The van der Waals surface area contributed by atoms with Crippen molar-refractivity contribution in [1.29, 1.82) is 0 Å². The molecule has 1 rings (SSSR count). The zero-order chi connectivity index (χ0) is 8.97. The van der Waals surface area contributed by atoms with Crippen LogP contribution in [-0.2, 0) is 4.79 Å². The fraction of sp³-hybridized carbons (Fsp3) is 0.222. The third kappa shape index (κ3) is 2.08. The van der Waals surface area contributed by atoms with Gasteiger partial charge in [-0.3, -0.25) is 8.72 Å². The van der Waals surface area contributed by atoms with Gasteiger partial charge in [0.25, 0.3) is 0 Å². The maximum atomic E-state index is 10.4. The first-order chi connectivity index (χ1) is 5.75. The smallest absolute Gasteiger partial charge is 0.220 e. The summed E-state index contributed by atoms with van der Waals surface area (Å²) in [6.07, 6.45) is 0.762. The molecule has 0 aliphatic carbocycles. The predicted octanol–water partition coefficient (Wildman–Crippen LogP) is 2.52. The summed E-state index contributed by atoms with van der Waals surface area (Å²) in [5, 5.41) is 0. The van der Waals surface area contributed by atoms with Gasteiger partial charge in [-0.15, -0.1) is 0 Å². The first-order valence-corrected chi connectivity index (χ1v) is 4.41. The largest absolute Gasteiger partial charge is 0.278 e. The van der Waals surface area contributed by atoms with E-state index in [-0.39, 0.29) is 6.04 Å². The highest BCUT2D eigenvalue weighted by atomic mass is 79.9. The highest BCUT2D eigenvalue weighted by Crippen LogP contribution is 2.20. The number of carbonyl (C=O) groups is 1. The van der Waals surface area contributed by atoms with Gasteiger partial charge in [-0.25, -0.2) is 0 Å². The second kappa shape index (κ2) is 4.26. The van der Waals surface area contributed by atoms with Crippen LogP contribution in [0.4, 0.5) is 0 Å². The molecule has 0 spiro atoms. The summed E-state index contributed by atoms with van der Waals surface area (Å²) in [4.78, 5) is 10.4. The van der Waals surface area contributed by atoms with Gasteiger partial charge in [-0.05, 0) is 12.5 Å². The average Bonchev–Trinajstić information content (AvgIpc) is 2.17. The zero-order valence-corrected chi connectivity index (χ0v) is 8.36. The lowest BCUT2D eigenvalue weighted by molar-refractivity contribution is -0.114. The molecule has 0 aliphatic rings. The Labute approximate surface area is 80.5 Å². The normalized spacial score (nSPS) is 12.2. The van der Waals surface area contributed by atoms with Gasteiger partial charge in [0.15, 0.2) is 0 Å². The van der Waals surface area contributed by atoms with Crippen LogP contribution in [0.2, 0.25) is 0 Å². The second-order valence-corrected chi connectivity index (χ2v) is 3.36. The van der Waals surface area contributed by atoms with E-state index in [1.165, 1.54) is 3.93 Å². The molecule has 0 heterocycles. The van der Waals surface area contributed by atoms with E-state index in [1.807, 2.05) is 37.3 Å². The molecule has 12 heavy (non-hydrogen) atoms. The predicted molar refractivity (Wildman–Crippen MR) is 51.7 cm³/mol. The highest BCUT2D eigenvalue weighted by Gasteiger charge is 2.09. The van der Waals surface area contributed by atoms with E-state index in [9.17, 15) is 4.79 Å². The van der Waals surface area contributed by atoms with E-state index in [2.05, 4.69) is 16.1 Å². The molecule has 0 aliphatic heterocycles. The summed E-state index contributed by atoms with van der Waals surface area (Å²) in [6.45, 7) is 1.96. The molecule has 0 saturated heterocycles. The molecule has 1 amide bonds. The molecule has 0 saturated carbocycles. The maximum Gasteiger partial charge on any atom is 0.220 e. The van der Waals surface area contributed by atoms with Crippen molar-refractivity contribution in [1.82, 2.24) is 3.93 Å². The van der Waals surface area contributed by atoms with Crippen LogP contribution in [0.15, 0.2) is 30.3 Å². The van der Waals surface area contributed by atoms with E-state index in [4.69, 9.17) is 0 Å². The summed E-state index contributed by atoms with van der Waals surface area (Å²) >= 11 is 3.14. The molecule has 64 valence electrons. The van der Waals surface area contributed by atoms with Crippen molar-refractivity contribution < 1.29 is 4.79 Å². The number of rotatable bonds is 3. The van der Waals surface area contributed by atoms with Gasteiger partial charge in [0, 0.05) is 0 Å². The van der Waals surface area contributed by atoms with Crippen LogP contribution in [0, 0.1) is 0 Å². The second-order valence-electron chi connectivity index (χ2n) is 2.54. The summed E-state index contributed by atoms with van der Waals surface area (Å²) in [5.74, 6) is 0. The molecule has 0 bridgehead atoms. The molecule has 1 atom stereocenters. The number of nitrogens with zero attached hydrogens (tertiary/aromatic N) is 1. The van der Waals surface area contributed by atoms with E-state index in [1.54, 1.807) is 0 Å². The molecule has 1 aromatic rings. The lowest BCUT2D eigenvalue weighted by atomic mass is 10.1. The van der Waals surface area contributed by atoms with E-state index in [0.717, 1.165) is 12.0 Å². The molecule has 2 nitrogen and oxygen atoms in total. The topological polar surface area (TPSA) is 20.3 Å². The SMILES string of the molecule is C[C@H](c1ccccc1)N(Br)C=O. The summed E-state index contributed by atoms with van der Waals surface area (Å²) in [6, 6.07) is 9.92. The summed E-state index contributed by atoms with van der Waals surface area (Å²) in [7, 11) is 0. The molecule has 3 heteroatoms. The summed E-state index contributed by atoms with van der Waals surface area (Å²) in [5.41, 5.74) is 1.11. The van der Waals surface area contributed by atoms with E-state index < -0.39 is 0 Å². The van der Waals surface area contributed by atoms with Gasteiger partial charge in [-0.1, -0.05) is 30.3 Å². The monoisotopic (exact) mass is 227 g/mol. The van der Waals surface area contributed by atoms with E-state index in [0.29, 0.717) is 0 Å². The Balaban J connectivity index is 2.78. The molecule has 0 N–H and O–H groups in total. The van der Waals surface area contributed by atoms with Crippen LogP contribution in [0.3, 0.4) is 0 Å². The van der Waals surface area contributed by atoms with Crippen molar-refractivity contribution in [2.45, 2.75) is 13.0 Å². The lowest BCUT2D eigenvalue weighted by Crippen LogP contribution is -2.13. The molecule has 0 aromatic heterocycles.